The Morgan fingerprint density at radius 2 is 0.559 bits per heavy atom. The van der Waals surface area contributed by atoms with Crippen LogP contribution in [-0.2, 0) is 47.4 Å². The topological polar surface area (TPSA) is 92.3 Å². The molecule has 0 aliphatic carbocycles. The molecule has 0 amide bonds. The second-order valence-corrected chi connectivity index (χ2v) is 7.54. The molecule has 0 aliphatic rings. The van der Waals surface area contributed by atoms with Crippen molar-refractivity contribution < 1.29 is 47.4 Å². The van der Waals surface area contributed by atoms with Crippen LogP contribution < -0.4 is 0 Å². The van der Waals surface area contributed by atoms with E-state index in [1.807, 2.05) is 0 Å². The normalized spacial score (nSPS) is 11.2. The van der Waals surface area contributed by atoms with Gasteiger partial charge < -0.3 is 47.4 Å². The molecular formula is C23H43IO10. The largest absolute Gasteiger partial charge is 0.378 e. The lowest BCUT2D eigenvalue weighted by Gasteiger charge is -2.08. The van der Waals surface area contributed by atoms with Gasteiger partial charge in [0.15, 0.2) is 0 Å². The highest BCUT2D eigenvalue weighted by Gasteiger charge is 1.95. The zero-order valence-electron chi connectivity index (χ0n) is 20.4. The Morgan fingerprint density at radius 1 is 0.353 bits per heavy atom. The minimum Gasteiger partial charge on any atom is -0.378 e. The molecule has 202 valence electrons. The first kappa shape index (κ1) is 33.9. The third kappa shape index (κ3) is 31.9. The molecule has 0 radical (unpaired) electrons. The van der Waals surface area contributed by atoms with E-state index in [0.717, 1.165) is 11.0 Å². The van der Waals surface area contributed by atoms with Crippen LogP contribution in [0.4, 0.5) is 0 Å². The van der Waals surface area contributed by atoms with E-state index in [1.54, 1.807) is 0 Å². The summed E-state index contributed by atoms with van der Waals surface area (Å²) in [6, 6.07) is 0. The molecule has 34 heavy (non-hydrogen) atoms. The van der Waals surface area contributed by atoms with Crippen molar-refractivity contribution in [2.24, 2.45) is 0 Å². The van der Waals surface area contributed by atoms with Gasteiger partial charge in [-0.15, -0.1) is 6.42 Å². The molecule has 0 rings (SSSR count). The fourth-order valence-corrected chi connectivity index (χ4v) is 2.48. The van der Waals surface area contributed by atoms with Gasteiger partial charge in [0.05, 0.1) is 126 Å². The lowest BCUT2D eigenvalue weighted by Crippen LogP contribution is -2.15. The second-order valence-electron chi connectivity index (χ2n) is 6.46. The van der Waals surface area contributed by atoms with Crippen molar-refractivity contribution in [3.05, 3.63) is 0 Å². The quantitative estimate of drug-likeness (QED) is 0.0515. The first-order valence-electron chi connectivity index (χ1n) is 11.7. The van der Waals surface area contributed by atoms with Gasteiger partial charge in [-0.2, -0.15) is 0 Å². The summed E-state index contributed by atoms with van der Waals surface area (Å²) in [6.07, 6.45) is 5.07. The predicted molar refractivity (Wildman–Crippen MR) is 136 cm³/mol. The molecule has 0 spiro atoms. The number of rotatable bonds is 30. The molecular weight excluding hydrogens is 563 g/mol. The number of terminal acetylenes is 1. The van der Waals surface area contributed by atoms with Gasteiger partial charge in [0.2, 0.25) is 0 Å². The highest BCUT2D eigenvalue weighted by molar-refractivity contribution is 14.1. The minimum atomic E-state index is 0.313. The van der Waals surface area contributed by atoms with Crippen molar-refractivity contribution in [1.29, 1.82) is 0 Å². The maximum Gasteiger partial charge on any atom is 0.107 e. The lowest BCUT2D eigenvalue weighted by molar-refractivity contribution is -0.0259. The maximum atomic E-state index is 5.44. The number of ether oxygens (including phenoxy) is 10. The Bertz CT molecular complexity index is 412. The summed E-state index contributed by atoms with van der Waals surface area (Å²) in [5.74, 6) is 2.40. The molecule has 10 nitrogen and oxygen atoms in total. The summed E-state index contributed by atoms with van der Waals surface area (Å²) in [6.45, 7) is 10.7. The SMILES string of the molecule is C#CCOCCOCCOCCOCCOCCOCCOCCOCCOCCOCCI. The first-order valence-corrected chi connectivity index (χ1v) is 13.2. The smallest absolute Gasteiger partial charge is 0.107 e. The fourth-order valence-electron chi connectivity index (χ4n) is 2.16. The van der Waals surface area contributed by atoms with Crippen LogP contribution in [0.15, 0.2) is 0 Å². The van der Waals surface area contributed by atoms with Gasteiger partial charge in [-0.3, -0.25) is 0 Å². The van der Waals surface area contributed by atoms with Crippen LogP contribution in [-0.4, -0.2) is 137 Å². The van der Waals surface area contributed by atoms with Crippen LogP contribution in [0.3, 0.4) is 0 Å². The highest BCUT2D eigenvalue weighted by atomic mass is 127. The molecule has 0 N–H and O–H groups in total. The monoisotopic (exact) mass is 606 g/mol. The van der Waals surface area contributed by atoms with Gasteiger partial charge in [0, 0.05) is 4.43 Å². The zero-order chi connectivity index (χ0) is 24.6. The van der Waals surface area contributed by atoms with Crippen molar-refractivity contribution in [2.75, 3.05) is 137 Å². The average molecular weight is 606 g/mol. The van der Waals surface area contributed by atoms with Crippen molar-refractivity contribution in [1.82, 2.24) is 0 Å². The third-order valence-corrected chi connectivity index (χ3v) is 4.20. The zero-order valence-corrected chi connectivity index (χ0v) is 22.5. The van der Waals surface area contributed by atoms with Gasteiger partial charge in [0.25, 0.3) is 0 Å². The summed E-state index contributed by atoms with van der Waals surface area (Å²) in [7, 11) is 0. The van der Waals surface area contributed by atoms with Gasteiger partial charge in [0.1, 0.15) is 6.61 Å². The summed E-state index contributed by atoms with van der Waals surface area (Å²) in [4.78, 5) is 0. The molecule has 0 fully saturated rings. The molecule has 0 aliphatic heterocycles. The van der Waals surface area contributed by atoms with E-state index in [2.05, 4.69) is 28.5 Å². The molecule has 0 unspecified atom stereocenters. The Hall–Kier alpha value is -0.110. The minimum absolute atomic E-state index is 0.313. The molecule has 0 atom stereocenters. The Morgan fingerprint density at radius 3 is 0.765 bits per heavy atom. The summed E-state index contributed by atoms with van der Waals surface area (Å²) in [5.41, 5.74) is 0. The van der Waals surface area contributed by atoms with Gasteiger partial charge in [-0.05, 0) is 0 Å². The van der Waals surface area contributed by atoms with Crippen LogP contribution in [0.5, 0.6) is 0 Å². The molecule has 0 saturated heterocycles. The molecule has 0 bridgehead atoms. The van der Waals surface area contributed by atoms with Crippen LogP contribution in [0.2, 0.25) is 0 Å². The average Bonchev–Trinajstić information content (AvgIpc) is 2.85. The van der Waals surface area contributed by atoms with E-state index >= 15 is 0 Å². The van der Waals surface area contributed by atoms with E-state index in [4.69, 9.17) is 53.8 Å². The van der Waals surface area contributed by atoms with Gasteiger partial charge in [-0.1, -0.05) is 28.5 Å². The number of hydrogen-bond donors (Lipinski definition) is 0. The number of alkyl halides is 1. The van der Waals surface area contributed by atoms with E-state index < -0.39 is 0 Å². The third-order valence-electron chi connectivity index (χ3n) is 3.75. The van der Waals surface area contributed by atoms with Crippen LogP contribution in [0.25, 0.3) is 0 Å². The van der Waals surface area contributed by atoms with Crippen molar-refractivity contribution >= 4 is 22.6 Å². The maximum absolute atomic E-state index is 5.44. The molecule has 0 aromatic heterocycles. The van der Waals surface area contributed by atoms with Crippen LogP contribution in [0, 0.1) is 12.3 Å². The Kier molecular flexibility index (Phi) is 32.8. The molecule has 0 aromatic carbocycles. The van der Waals surface area contributed by atoms with E-state index in [-0.39, 0.29) is 0 Å². The van der Waals surface area contributed by atoms with Crippen molar-refractivity contribution in [2.45, 2.75) is 0 Å². The van der Waals surface area contributed by atoms with Crippen molar-refractivity contribution in [3.8, 4) is 12.3 Å². The van der Waals surface area contributed by atoms with E-state index in [0.29, 0.717) is 126 Å². The van der Waals surface area contributed by atoms with E-state index in [1.165, 1.54) is 0 Å². The van der Waals surface area contributed by atoms with Gasteiger partial charge >= 0.3 is 0 Å². The number of halogens is 1. The van der Waals surface area contributed by atoms with Crippen LogP contribution >= 0.6 is 22.6 Å². The molecule has 0 saturated carbocycles. The summed E-state index contributed by atoms with van der Waals surface area (Å²) < 4.78 is 54.6. The Balaban J connectivity index is 3.00. The number of hydrogen-bond acceptors (Lipinski definition) is 10. The van der Waals surface area contributed by atoms with E-state index in [9.17, 15) is 0 Å². The second kappa shape index (κ2) is 32.9. The fraction of sp³-hybridized carbons (Fsp3) is 0.913. The first-order chi connectivity index (χ1) is 16.9. The van der Waals surface area contributed by atoms with Crippen LogP contribution in [0.1, 0.15) is 0 Å². The van der Waals surface area contributed by atoms with Gasteiger partial charge in [-0.25, -0.2) is 0 Å². The molecule has 11 heteroatoms. The molecule has 0 aromatic rings. The van der Waals surface area contributed by atoms with Crippen molar-refractivity contribution in [3.63, 3.8) is 0 Å². The lowest BCUT2D eigenvalue weighted by atomic mass is 10.6. The predicted octanol–water partition coefficient (Wildman–Crippen LogP) is 1.22. The standard InChI is InChI=1S/C23H43IO10/c1-2-4-25-6-8-27-10-12-29-14-16-31-18-20-33-22-23-34-21-19-32-17-15-30-13-11-28-9-7-26-5-3-24/h1H,3-23H2. The summed E-state index contributed by atoms with van der Waals surface area (Å²) in [5, 5.41) is 0. The Labute approximate surface area is 218 Å². The summed E-state index contributed by atoms with van der Waals surface area (Å²) >= 11 is 2.28. The molecule has 0 heterocycles. The highest BCUT2D eigenvalue weighted by Crippen LogP contribution is 1.87.